The molecule has 0 radical (unpaired) electrons. The minimum atomic E-state index is -0.631. The summed E-state index contributed by atoms with van der Waals surface area (Å²) in [5.41, 5.74) is 2.85. The summed E-state index contributed by atoms with van der Waals surface area (Å²) >= 11 is 6.70. The zero-order valence-electron chi connectivity index (χ0n) is 20.8. The lowest BCUT2D eigenvalue weighted by molar-refractivity contribution is -0.120. The van der Waals surface area contributed by atoms with Crippen LogP contribution < -0.4 is 16.0 Å². The van der Waals surface area contributed by atoms with Crippen LogP contribution in [0.5, 0.6) is 0 Å². The van der Waals surface area contributed by atoms with Gasteiger partial charge in [-0.05, 0) is 44.4 Å². The molecule has 1 aromatic carbocycles. The van der Waals surface area contributed by atoms with Crippen molar-refractivity contribution in [2.75, 3.05) is 7.05 Å². The van der Waals surface area contributed by atoms with E-state index in [1.54, 1.807) is 12.3 Å². The summed E-state index contributed by atoms with van der Waals surface area (Å²) in [7, 11) is 1.84. The molecule has 0 fully saturated rings. The number of nitrogens with one attached hydrogen (secondary N) is 4. The number of likely N-dealkylation sites (N-methyl/N-ethyl adjacent to an activating group) is 1. The highest BCUT2D eigenvalue weighted by atomic mass is 35.5. The Morgan fingerprint density at radius 1 is 1.22 bits per heavy atom. The number of carbonyl (C=O) groups is 2. The number of hydrogen-bond donors (Lipinski definition) is 4. The lowest BCUT2D eigenvalue weighted by Crippen LogP contribution is -2.39. The maximum atomic E-state index is 13.4. The number of carbonyl (C=O) groups excluding carboxylic acids is 2. The van der Waals surface area contributed by atoms with Crippen molar-refractivity contribution in [3.05, 3.63) is 94.5 Å². The van der Waals surface area contributed by atoms with Crippen LogP contribution in [0, 0.1) is 0 Å². The van der Waals surface area contributed by atoms with E-state index in [2.05, 4.69) is 37.0 Å². The molecule has 0 spiro atoms. The summed E-state index contributed by atoms with van der Waals surface area (Å²) in [6.07, 6.45) is 11.6. The molecule has 1 aliphatic heterocycles. The molecule has 2 bridgehead atoms. The van der Waals surface area contributed by atoms with Gasteiger partial charge in [-0.3, -0.25) is 14.6 Å². The smallest absolute Gasteiger partial charge is 0.254 e. The molecule has 3 aromatic rings. The van der Waals surface area contributed by atoms with Crippen molar-refractivity contribution in [1.29, 1.82) is 0 Å². The number of para-hydroxylation sites is 1. The molecule has 0 saturated heterocycles. The van der Waals surface area contributed by atoms with E-state index >= 15 is 0 Å². The summed E-state index contributed by atoms with van der Waals surface area (Å²) in [5.74, 6) is 0.243. The molecule has 8 nitrogen and oxygen atoms in total. The fourth-order valence-electron chi connectivity index (χ4n) is 4.82. The van der Waals surface area contributed by atoms with Crippen LogP contribution in [0.25, 0.3) is 10.9 Å². The molecule has 2 unspecified atom stereocenters. The number of H-pyrrole nitrogens is 1. The number of allylic oxidation sites excluding steroid dienone is 4. The number of nitrogens with zero attached hydrogens (tertiary/aromatic N) is 2. The average Bonchev–Trinajstić information content (AvgIpc) is 3.30. The first-order valence-corrected chi connectivity index (χ1v) is 12.7. The number of aromatic nitrogens is 3. The van der Waals surface area contributed by atoms with E-state index < -0.39 is 11.5 Å². The zero-order valence-corrected chi connectivity index (χ0v) is 21.5. The molecule has 2 amide bonds. The second-order valence-electron chi connectivity index (χ2n) is 9.49. The molecule has 190 valence electrons. The van der Waals surface area contributed by atoms with Crippen LogP contribution in [0.1, 0.15) is 60.5 Å². The maximum absolute atomic E-state index is 13.4. The van der Waals surface area contributed by atoms with Crippen LogP contribution in [0.4, 0.5) is 0 Å². The summed E-state index contributed by atoms with van der Waals surface area (Å²) in [5, 5.41) is 10.6. The molecule has 2 aromatic heterocycles. The highest BCUT2D eigenvalue weighted by molar-refractivity contribution is 6.30. The number of hydrogen-bond acceptors (Lipinski definition) is 5. The number of aromatic amines is 1. The molecular weight excluding hydrogens is 488 g/mol. The van der Waals surface area contributed by atoms with Crippen molar-refractivity contribution in [2.45, 2.75) is 44.1 Å². The molecule has 2 atom stereocenters. The van der Waals surface area contributed by atoms with E-state index in [-0.39, 0.29) is 11.8 Å². The third-order valence-corrected chi connectivity index (χ3v) is 7.28. The van der Waals surface area contributed by atoms with Crippen molar-refractivity contribution in [3.63, 3.8) is 0 Å². The quantitative estimate of drug-likeness (QED) is 0.380. The molecule has 5 rings (SSSR count). The normalized spacial score (nSPS) is 22.8. The van der Waals surface area contributed by atoms with Gasteiger partial charge >= 0.3 is 0 Å². The number of fused-ring (bicyclic) bond motifs is 5. The minimum absolute atomic E-state index is 0.0668. The van der Waals surface area contributed by atoms with E-state index in [0.717, 1.165) is 16.8 Å². The largest absolute Gasteiger partial charge is 0.388 e. The highest BCUT2D eigenvalue weighted by Crippen LogP contribution is 2.41. The van der Waals surface area contributed by atoms with Gasteiger partial charge in [0.1, 0.15) is 5.82 Å². The molecule has 0 saturated carbocycles. The fraction of sp³-hybridized carbons (Fsp3) is 0.286. The maximum Gasteiger partial charge on any atom is 0.254 e. The van der Waals surface area contributed by atoms with Crippen LogP contribution in [0.15, 0.2) is 72.2 Å². The van der Waals surface area contributed by atoms with E-state index in [1.165, 1.54) is 0 Å². The Hall–Kier alpha value is -3.91. The summed E-state index contributed by atoms with van der Waals surface area (Å²) in [4.78, 5) is 38.6. The molecular formula is C28H29ClN6O2. The second-order valence-corrected chi connectivity index (χ2v) is 9.85. The number of imidazole rings is 1. The van der Waals surface area contributed by atoms with E-state index in [1.807, 2.05) is 56.5 Å². The zero-order chi connectivity index (χ0) is 26.0. The Labute approximate surface area is 220 Å². The lowest BCUT2D eigenvalue weighted by atomic mass is 9.77. The van der Waals surface area contributed by atoms with Crippen LogP contribution >= 0.6 is 11.6 Å². The SMILES string of the molecule is CNC1=CCC2(C)C(=C1)NC(=O)CC/C=C/CC(NC(=O)c1cccc3cccnc13)c1nc(Cl)c2[nH]1. The van der Waals surface area contributed by atoms with Gasteiger partial charge in [-0.25, -0.2) is 4.98 Å². The Kier molecular flexibility index (Phi) is 6.84. The number of amides is 2. The monoisotopic (exact) mass is 516 g/mol. The predicted molar refractivity (Wildman–Crippen MR) is 144 cm³/mol. The summed E-state index contributed by atoms with van der Waals surface area (Å²) in [6.45, 7) is 2.03. The van der Waals surface area contributed by atoms with E-state index in [4.69, 9.17) is 11.6 Å². The first-order valence-electron chi connectivity index (χ1n) is 12.3. The molecule has 2 aliphatic rings. The van der Waals surface area contributed by atoms with E-state index in [9.17, 15) is 9.59 Å². The summed E-state index contributed by atoms with van der Waals surface area (Å²) < 4.78 is 0. The van der Waals surface area contributed by atoms with Gasteiger partial charge in [0.15, 0.2) is 5.15 Å². The molecule has 3 heterocycles. The van der Waals surface area contributed by atoms with Gasteiger partial charge in [-0.1, -0.05) is 48.0 Å². The third-order valence-electron chi connectivity index (χ3n) is 7.01. The Bertz CT molecular complexity index is 1450. The van der Waals surface area contributed by atoms with Crippen molar-refractivity contribution < 1.29 is 9.59 Å². The number of rotatable bonds is 3. The fourth-order valence-corrected chi connectivity index (χ4v) is 5.17. The van der Waals surface area contributed by atoms with Crippen molar-refractivity contribution in [2.24, 2.45) is 0 Å². The number of halogens is 1. The Morgan fingerprint density at radius 3 is 2.89 bits per heavy atom. The minimum Gasteiger partial charge on any atom is -0.388 e. The molecule has 1 aliphatic carbocycles. The lowest BCUT2D eigenvalue weighted by Gasteiger charge is -2.34. The molecule has 9 heteroatoms. The van der Waals surface area contributed by atoms with Gasteiger partial charge in [0, 0.05) is 36.4 Å². The van der Waals surface area contributed by atoms with Crippen LogP contribution in [-0.2, 0) is 10.2 Å². The first kappa shape index (κ1) is 24.8. The first-order chi connectivity index (χ1) is 17.9. The standard InChI is InChI=1S/C28H29ClN6O2/c1-28-14-13-18(30-2)16-21(28)33-22(36)12-5-3-4-11-20(26-34-24(28)25(29)35-26)32-27(37)19-10-6-8-17-9-7-15-31-23(17)19/h3-4,6-10,13,15-16,20,30H,5,11-12,14H2,1-2H3,(H,32,37)(H,33,36)(H,34,35)/b4-3+. The topological polar surface area (TPSA) is 112 Å². The van der Waals surface area contributed by atoms with Gasteiger partial charge in [-0.15, -0.1) is 0 Å². The van der Waals surface area contributed by atoms with Gasteiger partial charge in [0.2, 0.25) is 5.91 Å². The van der Waals surface area contributed by atoms with Crippen LogP contribution in [0.2, 0.25) is 5.15 Å². The second kappa shape index (κ2) is 10.2. The van der Waals surface area contributed by atoms with Crippen LogP contribution in [-0.4, -0.2) is 33.8 Å². The van der Waals surface area contributed by atoms with Crippen molar-refractivity contribution >= 4 is 34.3 Å². The van der Waals surface area contributed by atoms with Crippen molar-refractivity contribution in [1.82, 2.24) is 30.9 Å². The predicted octanol–water partition coefficient (Wildman–Crippen LogP) is 4.59. The van der Waals surface area contributed by atoms with E-state index in [0.29, 0.717) is 53.4 Å². The van der Waals surface area contributed by atoms with Gasteiger partial charge in [0.05, 0.1) is 28.2 Å². The van der Waals surface area contributed by atoms with Gasteiger partial charge in [-0.2, -0.15) is 0 Å². The van der Waals surface area contributed by atoms with Gasteiger partial charge in [0.25, 0.3) is 5.91 Å². The Balaban J connectivity index is 1.53. The molecule has 4 N–H and O–H groups in total. The highest BCUT2D eigenvalue weighted by Gasteiger charge is 2.38. The van der Waals surface area contributed by atoms with Gasteiger partial charge < -0.3 is 20.9 Å². The number of benzene rings is 1. The van der Waals surface area contributed by atoms with Crippen LogP contribution in [0.3, 0.4) is 0 Å². The van der Waals surface area contributed by atoms with Crippen molar-refractivity contribution in [3.8, 4) is 0 Å². The molecule has 37 heavy (non-hydrogen) atoms. The third kappa shape index (κ3) is 4.89. The summed E-state index contributed by atoms with van der Waals surface area (Å²) in [6, 6.07) is 8.86. The number of pyridine rings is 1. The Morgan fingerprint density at radius 2 is 2.05 bits per heavy atom. The average molecular weight is 517 g/mol.